The van der Waals surface area contributed by atoms with Crippen molar-refractivity contribution < 1.29 is 4.92 Å². The summed E-state index contributed by atoms with van der Waals surface area (Å²) in [5.41, 5.74) is 0.821. The minimum atomic E-state index is -0.349. The summed E-state index contributed by atoms with van der Waals surface area (Å²) in [5.74, 6) is 0.628. The summed E-state index contributed by atoms with van der Waals surface area (Å²) in [6, 6.07) is 2.15. The molecule has 2 atom stereocenters. The van der Waals surface area contributed by atoms with E-state index in [1.165, 1.54) is 6.20 Å². The Hall–Kier alpha value is -1.69. The largest absolute Gasteiger partial charge is 0.361 e. The molecule has 2 fully saturated rings. The molecule has 6 heteroatoms. The molecule has 0 aliphatic carbocycles. The highest BCUT2D eigenvalue weighted by Crippen LogP contribution is 2.36. The van der Waals surface area contributed by atoms with Crippen molar-refractivity contribution in [2.75, 3.05) is 24.5 Å². The molecular weight excluding hydrogens is 220 g/mol. The Kier molecular flexibility index (Phi) is 2.44. The number of fused-ring (bicyclic) bond motifs is 1. The van der Waals surface area contributed by atoms with Crippen LogP contribution in [0.25, 0.3) is 0 Å². The molecule has 0 unspecified atom stereocenters. The highest BCUT2D eigenvalue weighted by molar-refractivity contribution is 5.63. The fraction of sp³-hybridized carbons (Fsp3) is 0.545. The molecule has 0 bridgehead atoms. The van der Waals surface area contributed by atoms with Crippen LogP contribution in [0.4, 0.5) is 11.4 Å². The molecule has 0 radical (unpaired) electrons. The normalized spacial score (nSPS) is 27.2. The van der Waals surface area contributed by atoms with Gasteiger partial charge in [-0.2, -0.15) is 0 Å². The first-order valence-electron chi connectivity index (χ1n) is 5.83. The van der Waals surface area contributed by atoms with Crippen LogP contribution in [0.5, 0.6) is 0 Å². The van der Waals surface area contributed by atoms with Crippen LogP contribution in [0, 0.1) is 16.0 Å². The number of anilines is 1. The first-order chi connectivity index (χ1) is 8.27. The zero-order chi connectivity index (χ0) is 11.8. The fourth-order valence-electron chi connectivity index (χ4n) is 2.91. The number of nitrogens with one attached hydrogen (secondary N) is 1. The lowest BCUT2D eigenvalue weighted by molar-refractivity contribution is -0.384. The van der Waals surface area contributed by atoms with Crippen LogP contribution in [0.1, 0.15) is 6.42 Å². The summed E-state index contributed by atoms with van der Waals surface area (Å²) in [7, 11) is 0. The lowest BCUT2D eigenvalue weighted by atomic mass is 10.1. The van der Waals surface area contributed by atoms with Gasteiger partial charge in [0.25, 0.3) is 0 Å². The lowest BCUT2D eigenvalue weighted by Crippen LogP contribution is -2.34. The van der Waals surface area contributed by atoms with Gasteiger partial charge in [0.05, 0.1) is 4.92 Å². The second-order valence-corrected chi connectivity index (χ2v) is 4.59. The second kappa shape index (κ2) is 3.96. The maximum Gasteiger partial charge on any atom is 0.310 e. The summed E-state index contributed by atoms with van der Waals surface area (Å²) >= 11 is 0. The van der Waals surface area contributed by atoms with Gasteiger partial charge in [0.2, 0.25) is 0 Å². The molecule has 3 rings (SSSR count). The van der Waals surface area contributed by atoms with Gasteiger partial charge in [-0.25, -0.2) is 0 Å². The third kappa shape index (κ3) is 1.64. The number of nitro groups is 1. The van der Waals surface area contributed by atoms with E-state index in [-0.39, 0.29) is 10.6 Å². The van der Waals surface area contributed by atoms with Gasteiger partial charge >= 0.3 is 5.69 Å². The van der Waals surface area contributed by atoms with Crippen LogP contribution >= 0.6 is 0 Å². The average molecular weight is 234 g/mol. The molecule has 0 aromatic carbocycles. The molecule has 1 N–H and O–H groups in total. The van der Waals surface area contributed by atoms with E-state index in [1.54, 1.807) is 12.3 Å². The number of pyridine rings is 1. The Bertz CT molecular complexity index is 451. The molecule has 1 aromatic heterocycles. The molecule has 2 aliphatic rings. The van der Waals surface area contributed by atoms with Crippen molar-refractivity contribution in [3.63, 3.8) is 0 Å². The summed E-state index contributed by atoms with van der Waals surface area (Å²) in [6.07, 6.45) is 4.07. The zero-order valence-corrected chi connectivity index (χ0v) is 9.37. The van der Waals surface area contributed by atoms with E-state index in [9.17, 15) is 10.1 Å². The molecule has 3 heterocycles. The number of aromatic nitrogens is 1. The molecule has 6 nitrogen and oxygen atoms in total. The van der Waals surface area contributed by atoms with Crippen molar-refractivity contribution in [2.24, 2.45) is 5.92 Å². The van der Waals surface area contributed by atoms with Gasteiger partial charge < -0.3 is 10.2 Å². The molecule has 17 heavy (non-hydrogen) atoms. The third-order valence-electron chi connectivity index (χ3n) is 3.73. The molecule has 90 valence electrons. The van der Waals surface area contributed by atoms with Crippen LogP contribution in [-0.4, -0.2) is 35.6 Å². The fourth-order valence-corrected chi connectivity index (χ4v) is 2.91. The number of rotatable bonds is 2. The maximum atomic E-state index is 11.0. The number of nitrogens with zero attached hydrogens (tertiary/aromatic N) is 3. The van der Waals surface area contributed by atoms with Crippen LogP contribution in [-0.2, 0) is 0 Å². The summed E-state index contributed by atoms with van der Waals surface area (Å²) < 4.78 is 0. The molecule has 0 saturated carbocycles. The standard InChI is InChI=1S/C11H14N4O2/c16-15(17)11-7-12-3-1-9(11)14-4-2-8-5-13-6-10(8)14/h1,3,7-8,10,13H,2,4-6H2/t8-,10+/m1/s1. The Morgan fingerprint density at radius 3 is 3.24 bits per heavy atom. The van der Waals surface area contributed by atoms with E-state index in [1.807, 2.05) is 0 Å². The van der Waals surface area contributed by atoms with Gasteiger partial charge in [0.15, 0.2) is 0 Å². The predicted octanol–water partition coefficient (Wildman–Crippen LogP) is 0.788. The van der Waals surface area contributed by atoms with Gasteiger partial charge in [0, 0.05) is 31.9 Å². The van der Waals surface area contributed by atoms with Crippen LogP contribution < -0.4 is 10.2 Å². The number of hydrogen-bond donors (Lipinski definition) is 1. The van der Waals surface area contributed by atoms with Crippen molar-refractivity contribution >= 4 is 11.4 Å². The van der Waals surface area contributed by atoms with E-state index in [2.05, 4.69) is 15.2 Å². The number of hydrogen-bond acceptors (Lipinski definition) is 5. The average Bonchev–Trinajstić information content (AvgIpc) is 2.90. The highest BCUT2D eigenvalue weighted by Gasteiger charge is 2.39. The quantitative estimate of drug-likeness (QED) is 0.605. The molecule has 0 spiro atoms. The highest BCUT2D eigenvalue weighted by atomic mass is 16.6. The van der Waals surface area contributed by atoms with Crippen LogP contribution in [0.2, 0.25) is 0 Å². The van der Waals surface area contributed by atoms with Gasteiger partial charge in [-0.1, -0.05) is 0 Å². The third-order valence-corrected chi connectivity index (χ3v) is 3.73. The lowest BCUT2D eigenvalue weighted by Gasteiger charge is -2.24. The van der Waals surface area contributed by atoms with E-state index in [0.717, 1.165) is 26.1 Å². The Morgan fingerprint density at radius 2 is 2.41 bits per heavy atom. The molecular formula is C11H14N4O2. The van der Waals surface area contributed by atoms with Crippen molar-refractivity contribution in [3.8, 4) is 0 Å². The van der Waals surface area contributed by atoms with E-state index in [4.69, 9.17) is 0 Å². The zero-order valence-electron chi connectivity index (χ0n) is 9.37. The molecule has 2 aliphatic heterocycles. The topological polar surface area (TPSA) is 71.3 Å². The first-order valence-corrected chi connectivity index (χ1v) is 5.83. The van der Waals surface area contributed by atoms with Gasteiger partial charge in [-0.3, -0.25) is 15.1 Å². The van der Waals surface area contributed by atoms with Crippen LogP contribution in [0.3, 0.4) is 0 Å². The van der Waals surface area contributed by atoms with Crippen molar-refractivity contribution in [1.29, 1.82) is 0 Å². The SMILES string of the molecule is O=[N+]([O-])c1cnccc1N1CC[C@@H]2CNC[C@@H]21. The van der Waals surface area contributed by atoms with Gasteiger partial charge in [0.1, 0.15) is 11.9 Å². The summed E-state index contributed by atoms with van der Waals surface area (Å²) in [6.45, 7) is 2.85. The Balaban J connectivity index is 1.96. The Labute approximate surface area is 98.8 Å². The minimum absolute atomic E-state index is 0.111. The predicted molar refractivity (Wildman–Crippen MR) is 63.0 cm³/mol. The van der Waals surface area contributed by atoms with Gasteiger partial charge in [-0.05, 0) is 18.4 Å². The Morgan fingerprint density at radius 1 is 1.53 bits per heavy atom. The van der Waals surface area contributed by atoms with E-state index >= 15 is 0 Å². The van der Waals surface area contributed by atoms with Crippen LogP contribution in [0.15, 0.2) is 18.5 Å². The second-order valence-electron chi connectivity index (χ2n) is 4.59. The molecule has 1 aromatic rings. The maximum absolute atomic E-state index is 11.0. The molecule has 2 saturated heterocycles. The van der Waals surface area contributed by atoms with Crippen molar-refractivity contribution in [3.05, 3.63) is 28.6 Å². The minimum Gasteiger partial charge on any atom is -0.361 e. The monoisotopic (exact) mass is 234 g/mol. The summed E-state index contributed by atoms with van der Waals surface area (Å²) in [5, 5.41) is 14.3. The van der Waals surface area contributed by atoms with Gasteiger partial charge in [-0.15, -0.1) is 0 Å². The molecule has 0 amide bonds. The summed E-state index contributed by atoms with van der Waals surface area (Å²) in [4.78, 5) is 16.6. The van der Waals surface area contributed by atoms with E-state index < -0.39 is 0 Å². The van der Waals surface area contributed by atoms with Crippen molar-refractivity contribution in [2.45, 2.75) is 12.5 Å². The van der Waals surface area contributed by atoms with E-state index in [0.29, 0.717) is 17.6 Å². The smallest absolute Gasteiger partial charge is 0.310 e. The van der Waals surface area contributed by atoms with Crippen molar-refractivity contribution in [1.82, 2.24) is 10.3 Å². The first kappa shape index (κ1) is 10.5.